The van der Waals surface area contributed by atoms with Crippen LogP contribution in [0.15, 0.2) is 59.5 Å². The Morgan fingerprint density at radius 3 is 2.69 bits per heavy atom. The molecule has 4 rings (SSSR count). The lowest BCUT2D eigenvalue weighted by atomic mass is 9.99. The minimum absolute atomic E-state index is 0.0161. The highest BCUT2D eigenvalue weighted by molar-refractivity contribution is 7.92. The van der Waals surface area contributed by atoms with Crippen molar-refractivity contribution in [3.05, 3.63) is 76.6 Å². The number of sulfonamides is 1. The first-order valence-electron chi connectivity index (χ1n) is 8.74. The van der Waals surface area contributed by atoms with Gasteiger partial charge in [0.2, 0.25) is 0 Å². The highest BCUT2D eigenvalue weighted by Gasteiger charge is 2.25. The average molecular weight is 434 g/mol. The van der Waals surface area contributed by atoms with E-state index in [9.17, 15) is 12.8 Å². The standard InChI is InChI=1S/C21H17ClFNO4S/c1-27-21-17(22)8-13-9-20(21)29(25,26)24-19-10-14(6-7-18(19)23)16-5-3-2-4-15(16)12-28-11-13/h2-10,24H,11-12H2,1H3. The maximum absolute atomic E-state index is 14.5. The zero-order valence-corrected chi connectivity index (χ0v) is 17.0. The van der Waals surface area contributed by atoms with Crippen LogP contribution < -0.4 is 9.46 Å². The first-order chi connectivity index (χ1) is 13.9. The summed E-state index contributed by atoms with van der Waals surface area (Å²) in [4.78, 5) is -0.187. The fourth-order valence-corrected chi connectivity index (χ4v) is 4.95. The van der Waals surface area contributed by atoms with Gasteiger partial charge in [-0.2, -0.15) is 0 Å². The van der Waals surface area contributed by atoms with Gasteiger partial charge in [0.1, 0.15) is 10.7 Å². The molecule has 1 heterocycles. The molecule has 5 nitrogen and oxygen atoms in total. The van der Waals surface area contributed by atoms with E-state index in [1.54, 1.807) is 12.1 Å². The molecular weight excluding hydrogens is 417 g/mol. The summed E-state index contributed by atoms with van der Waals surface area (Å²) >= 11 is 6.23. The molecule has 1 N–H and O–H groups in total. The highest BCUT2D eigenvalue weighted by Crippen LogP contribution is 2.36. The number of methoxy groups -OCH3 is 1. The average Bonchev–Trinajstić information content (AvgIpc) is 2.69. The molecule has 3 aromatic rings. The normalized spacial score (nSPS) is 15.1. The predicted octanol–water partition coefficient (Wildman–Crippen LogP) is 4.99. The van der Waals surface area contributed by atoms with Crippen molar-refractivity contribution in [2.75, 3.05) is 11.8 Å². The summed E-state index contributed by atoms with van der Waals surface area (Å²) in [5.74, 6) is -0.709. The van der Waals surface area contributed by atoms with E-state index in [4.69, 9.17) is 21.1 Å². The third kappa shape index (κ3) is 3.81. The Morgan fingerprint density at radius 2 is 1.90 bits per heavy atom. The van der Waals surface area contributed by atoms with Gasteiger partial charge in [-0.1, -0.05) is 41.9 Å². The minimum Gasteiger partial charge on any atom is -0.494 e. The molecule has 0 aromatic heterocycles. The molecule has 0 spiro atoms. The smallest absolute Gasteiger partial charge is 0.265 e. The molecule has 0 amide bonds. The first kappa shape index (κ1) is 19.7. The van der Waals surface area contributed by atoms with Crippen LogP contribution in [-0.4, -0.2) is 15.5 Å². The van der Waals surface area contributed by atoms with Gasteiger partial charge < -0.3 is 9.47 Å². The second-order valence-corrected chi connectivity index (χ2v) is 8.62. The van der Waals surface area contributed by atoms with Crippen molar-refractivity contribution in [3.8, 4) is 16.9 Å². The second-order valence-electron chi connectivity index (χ2n) is 6.56. The maximum atomic E-state index is 14.5. The third-order valence-electron chi connectivity index (χ3n) is 4.63. The highest BCUT2D eigenvalue weighted by atomic mass is 35.5. The molecule has 0 saturated carbocycles. The molecule has 4 bridgehead atoms. The zero-order valence-electron chi connectivity index (χ0n) is 15.4. The lowest BCUT2D eigenvalue weighted by Crippen LogP contribution is -2.16. The topological polar surface area (TPSA) is 64.6 Å². The largest absolute Gasteiger partial charge is 0.494 e. The van der Waals surface area contributed by atoms with Crippen LogP contribution in [0, 0.1) is 5.82 Å². The Bertz CT molecular complexity index is 1200. The minimum atomic E-state index is -4.18. The number of halogens is 2. The molecule has 0 unspecified atom stereocenters. The molecule has 1 aliphatic heterocycles. The SMILES string of the molecule is COc1c(Cl)cc2cc1S(=O)(=O)Nc1cc(ccc1F)-c1ccccc1COC2. The van der Waals surface area contributed by atoms with Crippen LogP contribution in [0.25, 0.3) is 11.1 Å². The lowest BCUT2D eigenvalue weighted by molar-refractivity contribution is 0.107. The molecule has 29 heavy (non-hydrogen) atoms. The Kier molecular flexibility index (Phi) is 5.21. The second kappa shape index (κ2) is 7.67. The fourth-order valence-electron chi connectivity index (χ4n) is 3.28. The number of hydrogen-bond acceptors (Lipinski definition) is 4. The van der Waals surface area contributed by atoms with Crippen LogP contribution in [-0.2, 0) is 28.0 Å². The van der Waals surface area contributed by atoms with Crippen LogP contribution in [0.5, 0.6) is 5.75 Å². The monoisotopic (exact) mass is 433 g/mol. The predicted molar refractivity (Wildman–Crippen MR) is 109 cm³/mol. The van der Waals surface area contributed by atoms with Crippen molar-refractivity contribution in [2.24, 2.45) is 0 Å². The van der Waals surface area contributed by atoms with Crippen molar-refractivity contribution in [1.82, 2.24) is 0 Å². The van der Waals surface area contributed by atoms with E-state index in [-0.39, 0.29) is 28.0 Å². The molecule has 3 aromatic carbocycles. The van der Waals surface area contributed by atoms with E-state index < -0.39 is 15.8 Å². The number of rotatable bonds is 1. The number of ether oxygens (including phenoxy) is 2. The van der Waals surface area contributed by atoms with Crippen LogP contribution in [0.3, 0.4) is 0 Å². The van der Waals surface area contributed by atoms with Crippen LogP contribution >= 0.6 is 11.6 Å². The van der Waals surface area contributed by atoms with Crippen molar-refractivity contribution in [2.45, 2.75) is 18.1 Å². The van der Waals surface area contributed by atoms with Gasteiger partial charge in [-0.05, 0) is 46.5 Å². The number of nitrogens with one attached hydrogen (secondary N) is 1. The summed E-state index contributed by atoms with van der Waals surface area (Å²) in [5.41, 5.74) is 2.78. The lowest BCUT2D eigenvalue weighted by Gasteiger charge is -2.15. The zero-order chi connectivity index (χ0) is 20.6. The van der Waals surface area contributed by atoms with Crippen molar-refractivity contribution < 1.29 is 22.3 Å². The van der Waals surface area contributed by atoms with Crippen LogP contribution in [0.1, 0.15) is 11.1 Å². The Morgan fingerprint density at radius 1 is 1.10 bits per heavy atom. The molecule has 0 radical (unpaired) electrons. The molecule has 8 heteroatoms. The third-order valence-corrected chi connectivity index (χ3v) is 6.28. The summed E-state index contributed by atoms with van der Waals surface area (Å²) in [6, 6.07) is 14.8. The molecular formula is C21H17ClFNO4S. The number of hydrogen-bond donors (Lipinski definition) is 1. The van der Waals surface area contributed by atoms with Gasteiger partial charge in [-0.25, -0.2) is 12.8 Å². The molecule has 0 atom stereocenters. The summed E-state index contributed by atoms with van der Waals surface area (Å²) in [6.07, 6.45) is 0. The van der Waals surface area contributed by atoms with Gasteiger partial charge in [-0.15, -0.1) is 0 Å². The molecule has 0 saturated heterocycles. The van der Waals surface area contributed by atoms with E-state index >= 15 is 0 Å². The van der Waals surface area contributed by atoms with Gasteiger partial charge in [0, 0.05) is 0 Å². The molecule has 1 aliphatic rings. The van der Waals surface area contributed by atoms with Gasteiger partial charge in [0.05, 0.1) is 31.0 Å². The van der Waals surface area contributed by atoms with E-state index in [0.717, 1.165) is 11.1 Å². The fraction of sp³-hybridized carbons (Fsp3) is 0.143. The summed E-state index contributed by atoms with van der Waals surface area (Å²) in [7, 11) is -2.86. The number of anilines is 1. The van der Waals surface area contributed by atoms with Crippen molar-refractivity contribution >= 4 is 27.3 Å². The summed E-state index contributed by atoms with van der Waals surface area (Å²) < 4.78 is 53.9. The molecule has 0 aliphatic carbocycles. The summed E-state index contributed by atoms with van der Waals surface area (Å²) in [6.45, 7) is 0.439. The first-order valence-corrected chi connectivity index (χ1v) is 10.6. The van der Waals surface area contributed by atoms with Crippen LogP contribution in [0.4, 0.5) is 10.1 Å². The van der Waals surface area contributed by atoms with E-state index in [1.165, 1.54) is 25.3 Å². The van der Waals surface area contributed by atoms with E-state index in [2.05, 4.69) is 4.72 Å². The van der Waals surface area contributed by atoms with Gasteiger partial charge in [-0.3, -0.25) is 4.72 Å². The maximum Gasteiger partial charge on any atom is 0.265 e. The molecule has 0 fully saturated rings. The van der Waals surface area contributed by atoms with Gasteiger partial charge in [0.25, 0.3) is 10.0 Å². The number of fused-ring (bicyclic) bond motifs is 6. The van der Waals surface area contributed by atoms with E-state index in [1.807, 2.05) is 24.3 Å². The Balaban J connectivity index is 1.94. The van der Waals surface area contributed by atoms with Gasteiger partial charge in [0.15, 0.2) is 5.75 Å². The van der Waals surface area contributed by atoms with Crippen molar-refractivity contribution in [1.29, 1.82) is 0 Å². The van der Waals surface area contributed by atoms with Gasteiger partial charge >= 0.3 is 0 Å². The number of benzene rings is 3. The quantitative estimate of drug-likeness (QED) is 0.587. The van der Waals surface area contributed by atoms with Crippen molar-refractivity contribution in [3.63, 3.8) is 0 Å². The summed E-state index contributed by atoms with van der Waals surface area (Å²) in [5, 5.41) is 0.124. The Labute approximate surface area is 173 Å². The molecule has 150 valence electrons. The van der Waals surface area contributed by atoms with E-state index in [0.29, 0.717) is 17.7 Å². The van der Waals surface area contributed by atoms with Crippen LogP contribution in [0.2, 0.25) is 5.02 Å². The Hall–Kier alpha value is -2.61.